The molecular weight excluding hydrogens is 264 g/mol. The number of halogens is 1. The van der Waals surface area contributed by atoms with Crippen LogP contribution in [-0.2, 0) is 11.2 Å². The molecule has 0 saturated carbocycles. The minimum Gasteiger partial charge on any atom is -0.390 e. The van der Waals surface area contributed by atoms with Gasteiger partial charge < -0.3 is 9.84 Å². The fourth-order valence-corrected chi connectivity index (χ4v) is 3.00. The number of hydrogen-bond acceptors (Lipinski definition) is 3. The quantitative estimate of drug-likeness (QED) is 0.920. The summed E-state index contributed by atoms with van der Waals surface area (Å²) >= 11 is 5.12. The predicted molar refractivity (Wildman–Crippen MR) is 60.7 cm³/mol. The fourth-order valence-electron chi connectivity index (χ4n) is 1.73. The minimum absolute atomic E-state index is 0.0433. The van der Waals surface area contributed by atoms with E-state index in [1.54, 1.807) is 11.3 Å². The normalized spacial score (nSPS) is 24.0. The Bertz CT molecular complexity index is 294. The van der Waals surface area contributed by atoms with E-state index in [2.05, 4.69) is 15.9 Å². The molecule has 2 heterocycles. The maximum absolute atomic E-state index is 9.90. The summed E-state index contributed by atoms with van der Waals surface area (Å²) in [6.45, 7) is 0.798. The van der Waals surface area contributed by atoms with Gasteiger partial charge in [-0.25, -0.2) is 0 Å². The number of ether oxygens (including phenoxy) is 1. The van der Waals surface area contributed by atoms with Crippen LogP contribution in [0.5, 0.6) is 0 Å². The van der Waals surface area contributed by atoms with Gasteiger partial charge in [0.25, 0.3) is 0 Å². The molecule has 1 fully saturated rings. The van der Waals surface area contributed by atoms with Crippen molar-refractivity contribution in [3.8, 4) is 0 Å². The zero-order valence-electron chi connectivity index (χ0n) is 7.78. The molecule has 1 aromatic rings. The maximum Gasteiger partial charge on any atom is 0.0842 e. The molecule has 0 aliphatic carbocycles. The van der Waals surface area contributed by atoms with Crippen LogP contribution in [0, 0.1) is 0 Å². The van der Waals surface area contributed by atoms with Gasteiger partial charge in [-0.05, 0) is 45.8 Å². The van der Waals surface area contributed by atoms with Crippen molar-refractivity contribution in [2.45, 2.75) is 31.5 Å². The van der Waals surface area contributed by atoms with Crippen LogP contribution in [0.1, 0.15) is 18.4 Å². The highest BCUT2D eigenvalue weighted by Gasteiger charge is 2.24. The van der Waals surface area contributed by atoms with Gasteiger partial charge in [0.2, 0.25) is 0 Å². The Morgan fingerprint density at radius 1 is 1.71 bits per heavy atom. The highest BCUT2D eigenvalue weighted by molar-refractivity contribution is 9.11. The van der Waals surface area contributed by atoms with E-state index in [1.807, 2.05) is 11.4 Å². The Kier molecular flexibility index (Phi) is 3.60. The lowest BCUT2D eigenvalue weighted by atomic mass is 10.0. The van der Waals surface area contributed by atoms with Crippen molar-refractivity contribution in [2.75, 3.05) is 6.61 Å². The van der Waals surface area contributed by atoms with E-state index in [0.29, 0.717) is 6.42 Å². The number of rotatable bonds is 3. The molecule has 0 radical (unpaired) electrons. The second-order valence-electron chi connectivity index (χ2n) is 3.54. The van der Waals surface area contributed by atoms with Gasteiger partial charge >= 0.3 is 0 Å². The molecule has 2 nitrogen and oxygen atoms in total. The summed E-state index contributed by atoms with van der Waals surface area (Å²) < 4.78 is 6.56. The molecule has 1 saturated heterocycles. The molecule has 2 atom stereocenters. The predicted octanol–water partition coefficient (Wildman–Crippen LogP) is 2.59. The van der Waals surface area contributed by atoms with Gasteiger partial charge in [0.15, 0.2) is 0 Å². The monoisotopic (exact) mass is 276 g/mol. The Labute approximate surface area is 96.0 Å². The van der Waals surface area contributed by atoms with Crippen molar-refractivity contribution in [3.05, 3.63) is 20.8 Å². The standard InChI is InChI=1S/C10H13BrO2S/c11-10-7(3-5-14-10)6-8(12)9-2-1-4-13-9/h3,5,8-9,12H,1-2,4,6H2. The summed E-state index contributed by atoms with van der Waals surface area (Å²) in [4.78, 5) is 0. The van der Waals surface area contributed by atoms with E-state index in [1.165, 1.54) is 5.56 Å². The zero-order valence-corrected chi connectivity index (χ0v) is 10.2. The molecule has 0 amide bonds. The summed E-state index contributed by atoms with van der Waals surface area (Å²) in [6.07, 6.45) is 2.44. The highest BCUT2D eigenvalue weighted by Crippen LogP contribution is 2.26. The van der Waals surface area contributed by atoms with Crippen molar-refractivity contribution in [1.29, 1.82) is 0 Å². The van der Waals surface area contributed by atoms with Gasteiger partial charge in [0, 0.05) is 13.0 Å². The molecule has 78 valence electrons. The third-order valence-corrected chi connectivity index (χ3v) is 4.33. The van der Waals surface area contributed by atoms with E-state index >= 15 is 0 Å². The summed E-state index contributed by atoms with van der Waals surface area (Å²) in [5.41, 5.74) is 1.18. The van der Waals surface area contributed by atoms with Crippen LogP contribution in [0.25, 0.3) is 0 Å². The van der Waals surface area contributed by atoms with Gasteiger partial charge in [-0.2, -0.15) is 0 Å². The molecule has 1 aliphatic rings. The van der Waals surface area contributed by atoms with Crippen LogP contribution < -0.4 is 0 Å². The summed E-state index contributed by atoms with van der Waals surface area (Å²) in [5, 5.41) is 11.9. The molecule has 2 rings (SSSR count). The van der Waals surface area contributed by atoms with Crippen molar-refractivity contribution in [2.24, 2.45) is 0 Å². The van der Waals surface area contributed by atoms with Crippen molar-refractivity contribution < 1.29 is 9.84 Å². The van der Waals surface area contributed by atoms with Gasteiger partial charge in [-0.3, -0.25) is 0 Å². The first-order chi connectivity index (χ1) is 6.77. The SMILES string of the molecule is OC(Cc1ccsc1Br)C1CCCO1. The number of aliphatic hydroxyl groups excluding tert-OH is 1. The zero-order chi connectivity index (χ0) is 9.97. The Hall–Kier alpha value is 0.1000. The summed E-state index contributed by atoms with van der Waals surface area (Å²) in [7, 11) is 0. The number of thiophene rings is 1. The summed E-state index contributed by atoms with van der Waals surface area (Å²) in [5.74, 6) is 0. The smallest absolute Gasteiger partial charge is 0.0842 e. The molecule has 0 spiro atoms. The molecular formula is C10H13BrO2S. The Morgan fingerprint density at radius 2 is 2.57 bits per heavy atom. The van der Waals surface area contributed by atoms with Crippen LogP contribution in [0.15, 0.2) is 15.2 Å². The van der Waals surface area contributed by atoms with Crippen LogP contribution in [0.4, 0.5) is 0 Å². The molecule has 0 aromatic carbocycles. The van der Waals surface area contributed by atoms with E-state index in [9.17, 15) is 5.11 Å². The van der Waals surface area contributed by atoms with Crippen LogP contribution >= 0.6 is 27.3 Å². The highest BCUT2D eigenvalue weighted by atomic mass is 79.9. The largest absolute Gasteiger partial charge is 0.390 e. The van der Waals surface area contributed by atoms with Gasteiger partial charge in [-0.15, -0.1) is 11.3 Å². The van der Waals surface area contributed by atoms with Crippen LogP contribution in [0.2, 0.25) is 0 Å². The average Bonchev–Trinajstić information content (AvgIpc) is 2.77. The molecule has 1 aliphatic heterocycles. The van der Waals surface area contributed by atoms with Crippen LogP contribution in [-0.4, -0.2) is 23.9 Å². The molecule has 2 unspecified atom stereocenters. The third-order valence-electron chi connectivity index (χ3n) is 2.52. The first-order valence-corrected chi connectivity index (χ1v) is 6.46. The molecule has 0 bridgehead atoms. The molecule has 4 heteroatoms. The molecule has 1 aromatic heterocycles. The maximum atomic E-state index is 9.90. The summed E-state index contributed by atoms with van der Waals surface area (Å²) in [6, 6.07) is 2.05. The minimum atomic E-state index is -0.358. The van der Waals surface area contributed by atoms with E-state index in [4.69, 9.17) is 4.74 Å². The molecule has 1 N–H and O–H groups in total. The first kappa shape index (κ1) is 10.6. The third kappa shape index (κ3) is 2.37. The lowest BCUT2D eigenvalue weighted by Crippen LogP contribution is -2.27. The van der Waals surface area contributed by atoms with Crippen molar-refractivity contribution in [3.63, 3.8) is 0 Å². The lowest BCUT2D eigenvalue weighted by Gasteiger charge is -2.16. The Balaban J connectivity index is 1.93. The Morgan fingerprint density at radius 3 is 3.14 bits per heavy atom. The average molecular weight is 277 g/mol. The van der Waals surface area contributed by atoms with Gasteiger partial charge in [0.05, 0.1) is 16.0 Å². The van der Waals surface area contributed by atoms with Gasteiger partial charge in [0.1, 0.15) is 0 Å². The number of hydrogen-bond donors (Lipinski definition) is 1. The van der Waals surface area contributed by atoms with E-state index in [0.717, 1.165) is 23.2 Å². The topological polar surface area (TPSA) is 29.5 Å². The van der Waals surface area contributed by atoms with E-state index in [-0.39, 0.29) is 12.2 Å². The molecule has 14 heavy (non-hydrogen) atoms. The first-order valence-electron chi connectivity index (χ1n) is 4.79. The van der Waals surface area contributed by atoms with Gasteiger partial charge in [-0.1, -0.05) is 0 Å². The van der Waals surface area contributed by atoms with Crippen molar-refractivity contribution >= 4 is 27.3 Å². The second kappa shape index (κ2) is 4.75. The van der Waals surface area contributed by atoms with Crippen LogP contribution in [0.3, 0.4) is 0 Å². The number of aliphatic hydroxyl groups is 1. The van der Waals surface area contributed by atoms with Crippen molar-refractivity contribution in [1.82, 2.24) is 0 Å². The fraction of sp³-hybridized carbons (Fsp3) is 0.600. The van der Waals surface area contributed by atoms with E-state index < -0.39 is 0 Å². The second-order valence-corrected chi connectivity index (χ2v) is 5.78. The lowest BCUT2D eigenvalue weighted by molar-refractivity contribution is -0.000793.